The number of nitrogens with one attached hydrogen (secondary N) is 1. The van der Waals surface area contributed by atoms with E-state index in [1.165, 1.54) is 25.0 Å². The third-order valence-electron chi connectivity index (χ3n) is 4.71. The molecule has 0 bridgehead atoms. The number of ether oxygens (including phenoxy) is 1. The second-order valence-corrected chi connectivity index (χ2v) is 7.20. The summed E-state index contributed by atoms with van der Waals surface area (Å²) in [5.41, 5.74) is 1.27. The second kappa shape index (κ2) is 6.55. The smallest absolute Gasteiger partial charge is 0.273 e. The van der Waals surface area contributed by atoms with Gasteiger partial charge in [0, 0.05) is 12.1 Å². The van der Waals surface area contributed by atoms with Crippen LogP contribution in [-0.2, 0) is 0 Å². The summed E-state index contributed by atoms with van der Waals surface area (Å²) < 4.78 is 5.29. The molecule has 0 spiro atoms. The summed E-state index contributed by atoms with van der Waals surface area (Å²) in [7, 11) is 1.54. The van der Waals surface area contributed by atoms with Gasteiger partial charge in [-0.2, -0.15) is 0 Å². The van der Waals surface area contributed by atoms with Gasteiger partial charge in [0.2, 0.25) is 0 Å². The normalized spacial score (nSPS) is 22.2. The van der Waals surface area contributed by atoms with Crippen LogP contribution >= 0.6 is 0 Å². The lowest BCUT2D eigenvalue weighted by Gasteiger charge is -2.37. The first-order valence-electron chi connectivity index (χ1n) is 7.90. The minimum Gasteiger partial charge on any atom is -0.494 e. The third kappa shape index (κ3) is 3.90. The molecule has 0 unspecified atom stereocenters. The highest BCUT2D eigenvalue weighted by Crippen LogP contribution is 2.39. The van der Waals surface area contributed by atoms with Gasteiger partial charge in [0.05, 0.1) is 23.8 Å². The van der Waals surface area contributed by atoms with Crippen molar-refractivity contribution in [2.45, 2.75) is 52.5 Å². The number of nitro groups is 1. The van der Waals surface area contributed by atoms with Crippen LogP contribution in [-0.4, -0.2) is 18.1 Å². The Balaban J connectivity index is 2.02. The summed E-state index contributed by atoms with van der Waals surface area (Å²) in [5.74, 6) is 1.30. The molecule has 1 aromatic rings. The minimum atomic E-state index is -0.402. The van der Waals surface area contributed by atoms with Gasteiger partial charge < -0.3 is 10.1 Å². The summed E-state index contributed by atoms with van der Waals surface area (Å²) in [5, 5.41) is 14.3. The SMILES string of the molecule is COc1cc([N+](=O)[O-])ccc1NC1CCC(C(C)(C)C)CC1. The highest BCUT2D eigenvalue weighted by atomic mass is 16.6. The fourth-order valence-corrected chi connectivity index (χ4v) is 3.24. The molecule has 122 valence electrons. The van der Waals surface area contributed by atoms with Gasteiger partial charge in [0.25, 0.3) is 5.69 Å². The first kappa shape index (κ1) is 16.6. The van der Waals surface area contributed by atoms with Gasteiger partial charge in [0.1, 0.15) is 5.75 Å². The van der Waals surface area contributed by atoms with E-state index in [-0.39, 0.29) is 5.69 Å². The van der Waals surface area contributed by atoms with Crippen LogP contribution in [0.25, 0.3) is 0 Å². The number of nitrogens with zero attached hydrogens (tertiary/aromatic N) is 1. The fourth-order valence-electron chi connectivity index (χ4n) is 3.24. The maximum Gasteiger partial charge on any atom is 0.273 e. The van der Waals surface area contributed by atoms with Gasteiger partial charge in [-0.15, -0.1) is 0 Å². The van der Waals surface area contributed by atoms with Crippen molar-refractivity contribution in [1.29, 1.82) is 0 Å². The quantitative estimate of drug-likeness (QED) is 0.651. The number of hydrogen-bond acceptors (Lipinski definition) is 4. The molecule has 1 aliphatic carbocycles. The summed E-state index contributed by atoms with van der Waals surface area (Å²) in [6.07, 6.45) is 4.69. The van der Waals surface area contributed by atoms with Gasteiger partial charge in [0.15, 0.2) is 0 Å². The largest absolute Gasteiger partial charge is 0.494 e. The average molecular weight is 306 g/mol. The Labute approximate surface area is 132 Å². The Morgan fingerprint density at radius 3 is 2.36 bits per heavy atom. The lowest BCUT2D eigenvalue weighted by molar-refractivity contribution is -0.384. The Morgan fingerprint density at radius 2 is 1.86 bits per heavy atom. The van der Waals surface area contributed by atoms with Crippen molar-refractivity contribution in [3.8, 4) is 5.75 Å². The van der Waals surface area contributed by atoms with E-state index in [0.29, 0.717) is 17.2 Å². The van der Waals surface area contributed by atoms with E-state index in [1.54, 1.807) is 13.2 Å². The number of hydrogen-bond donors (Lipinski definition) is 1. The Morgan fingerprint density at radius 1 is 1.23 bits per heavy atom. The third-order valence-corrected chi connectivity index (χ3v) is 4.71. The predicted octanol–water partition coefficient (Wildman–Crippen LogP) is 4.62. The van der Waals surface area contributed by atoms with Crippen LogP contribution in [0.2, 0.25) is 0 Å². The van der Waals surface area contributed by atoms with Crippen LogP contribution < -0.4 is 10.1 Å². The first-order valence-corrected chi connectivity index (χ1v) is 7.90. The van der Waals surface area contributed by atoms with Crippen molar-refractivity contribution >= 4 is 11.4 Å². The Bertz CT molecular complexity index is 529. The first-order chi connectivity index (χ1) is 10.3. The summed E-state index contributed by atoms with van der Waals surface area (Å²) in [4.78, 5) is 10.4. The van der Waals surface area contributed by atoms with Crippen molar-refractivity contribution in [2.24, 2.45) is 11.3 Å². The van der Waals surface area contributed by atoms with Gasteiger partial charge in [-0.3, -0.25) is 10.1 Å². The van der Waals surface area contributed by atoms with Crippen molar-refractivity contribution in [1.82, 2.24) is 0 Å². The number of methoxy groups -OCH3 is 1. The molecule has 1 N–H and O–H groups in total. The summed E-state index contributed by atoms with van der Waals surface area (Å²) in [6.45, 7) is 6.93. The Kier molecular flexibility index (Phi) is 4.94. The molecule has 2 rings (SSSR count). The number of nitro benzene ring substituents is 1. The van der Waals surface area contributed by atoms with Crippen LogP contribution in [0.4, 0.5) is 11.4 Å². The topological polar surface area (TPSA) is 64.4 Å². The van der Waals surface area contributed by atoms with Gasteiger partial charge in [-0.1, -0.05) is 20.8 Å². The van der Waals surface area contributed by atoms with Crippen molar-refractivity contribution < 1.29 is 9.66 Å². The number of benzene rings is 1. The van der Waals surface area contributed by atoms with E-state index >= 15 is 0 Å². The monoisotopic (exact) mass is 306 g/mol. The van der Waals surface area contributed by atoms with Crippen LogP contribution in [0, 0.1) is 21.4 Å². The van der Waals surface area contributed by atoms with E-state index < -0.39 is 4.92 Å². The van der Waals surface area contributed by atoms with E-state index in [9.17, 15) is 10.1 Å². The van der Waals surface area contributed by atoms with E-state index in [2.05, 4.69) is 26.1 Å². The molecular weight excluding hydrogens is 280 g/mol. The predicted molar refractivity (Wildman–Crippen MR) is 88.5 cm³/mol. The molecule has 0 aromatic heterocycles. The van der Waals surface area contributed by atoms with Crippen molar-refractivity contribution in [2.75, 3.05) is 12.4 Å². The molecule has 0 amide bonds. The average Bonchev–Trinajstić information content (AvgIpc) is 2.47. The summed E-state index contributed by atoms with van der Waals surface area (Å²) in [6, 6.07) is 5.15. The van der Waals surface area contributed by atoms with Crippen molar-refractivity contribution in [3.63, 3.8) is 0 Å². The fraction of sp³-hybridized carbons (Fsp3) is 0.647. The molecule has 0 radical (unpaired) electrons. The van der Waals surface area contributed by atoms with Crippen molar-refractivity contribution in [3.05, 3.63) is 28.3 Å². The maximum atomic E-state index is 10.8. The molecule has 1 fully saturated rings. The van der Waals surface area contributed by atoms with Crippen LogP contribution in [0.5, 0.6) is 5.75 Å². The van der Waals surface area contributed by atoms with E-state index in [0.717, 1.165) is 24.4 Å². The van der Waals surface area contributed by atoms with Crippen LogP contribution in [0.1, 0.15) is 46.5 Å². The van der Waals surface area contributed by atoms with E-state index in [1.807, 2.05) is 0 Å². The molecular formula is C17H26N2O3. The molecule has 1 aliphatic rings. The zero-order valence-electron chi connectivity index (χ0n) is 13.9. The lowest BCUT2D eigenvalue weighted by atomic mass is 9.71. The molecule has 5 heteroatoms. The highest BCUT2D eigenvalue weighted by Gasteiger charge is 2.29. The molecule has 0 atom stereocenters. The molecule has 1 saturated carbocycles. The maximum absolute atomic E-state index is 10.8. The molecule has 1 aromatic carbocycles. The minimum absolute atomic E-state index is 0.0545. The zero-order valence-corrected chi connectivity index (χ0v) is 13.9. The standard InChI is InChI=1S/C17H26N2O3/c1-17(2,3)12-5-7-13(8-6-12)18-15-10-9-14(19(20)21)11-16(15)22-4/h9-13,18H,5-8H2,1-4H3. The van der Waals surface area contributed by atoms with E-state index in [4.69, 9.17) is 4.74 Å². The zero-order chi connectivity index (χ0) is 16.3. The molecule has 22 heavy (non-hydrogen) atoms. The number of rotatable bonds is 4. The van der Waals surface area contributed by atoms with Crippen LogP contribution in [0.3, 0.4) is 0 Å². The van der Waals surface area contributed by atoms with Gasteiger partial charge >= 0.3 is 0 Å². The molecule has 0 aliphatic heterocycles. The Hall–Kier alpha value is -1.78. The van der Waals surface area contributed by atoms with Crippen LogP contribution in [0.15, 0.2) is 18.2 Å². The van der Waals surface area contributed by atoms with Gasteiger partial charge in [-0.25, -0.2) is 0 Å². The summed E-state index contributed by atoms with van der Waals surface area (Å²) >= 11 is 0. The number of non-ortho nitro benzene ring substituents is 1. The number of anilines is 1. The lowest BCUT2D eigenvalue weighted by Crippen LogP contribution is -2.31. The highest BCUT2D eigenvalue weighted by molar-refractivity contribution is 5.61. The molecule has 0 heterocycles. The molecule has 5 nitrogen and oxygen atoms in total. The van der Waals surface area contributed by atoms with Gasteiger partial charge in [-0.05, 0) is 43.1 Å². The molecule has 0 saturated heterocycles. The second-order valence-electron chi connectivity index (χ2n) is 7.20.